The average molecular weight is 123 g/mol. The van der Waals surface area contributed by atoms with E-state index in [1.54, 1.807) is 6.08 Å². The molecule has 0 heterocycles. The third-order valence-corrected chi connectivity index (χ3v) is 0.975. The summed E-state index contributed by atoms with van der Waals surface area (Å²) in [5.74, 6) is 0. The average Bonchev–Trinajstić information content (AvgIpc) is 1.88. The zero-order valence-corrected chi connectivity index (χ0v) is 5.85. The Balaban J connectivity index is 3.80. The van der Waals surface area contributed by atoms with E-state index in [0.717, 1.165) is 12.1 Å². The molecule has 0 unspecified atom stereocenters. The predicted molar refractivity (Wildman–Crippen MR) is 42.4 cm³/mol. The van der Waals surface area contributed by atoms with Gasteiger partial charge in [-0.3, -0.25) is 0 Å². The fourth-order valence-electron chi connectivity index (χ4n) is 0.555. The zero-order valence-electron chi connectivity index (χ0n) is 5.85. The van der Waals surface area contributed by atoms with Gasteiger partial charge in [-0.15, -0.1) is 0 Å². The number of rotatable bonds is 4. The molecule has 0 aliphatic heterocycles. The van der Waals surface area contributed by atoms with E-state index in [9.17, 15) is 0 Å². The Bertz CT molecular complexity index is 123. The minimum atomic E-state index is 0.857. The Hall–Kier alpha value is -0.820. The molecule has 0 aromatic carbocycles. The molecule has 0 radical (unpaired) electrons. The predicted octanol–water partition coefficient (Wildman–Crippen LogP) is 1.50. The second-order valence-corrected chi connectivity index (χ2v) is 1.71. The number of likely N-dealkylation sites (N-methyl/N-ethyl adjacent to an activating group) is 1. The van der Waals surface area contributed by atoms with E-state index in [4.69, 9.17) is 0 Å². The van der Waals surface area contributed by atoms with E-state index in [2.05, 4.69) is 18.5 Å². The van der Waals surface area contributed by atoms with Crippen molar-refractivity contribution in [2.24, 2.45) is 0 Å². The summed E-state index contributed by atoms with van der Waals surface area (Å²) in [4.78, 5) is 0. The SMILES string of the molecule is C=C/C=C(\C=C)CNC. The molecule has 0 saturated heterocycles. The van der Waals surface area contributed by atoms with Gasteiger partial charge in [0.1, 0.15) is 0 Å². The number of nitrogens with one attached hydrogen (secondary N) is 1. The molecule has 1 nitrogen and oxygen atoms in total. The van der Waals surface area contributed by atoms with Crippen LogP contribution in [0.1, 0.15) is 0 Å². The molecule has 0 aliphatic carbocycles. The van der Waals surface area contributed by atoms with Crippen LogP contribution in [0.5, 0.6) is 0 Å². The van der Waals surface area contributed by atoms with Crippen LogP contribution in [0.25, 0.3) is 0 Å². The zero-order chi connectivity index (χ0) is 7.11. The van der Waals surface area contributed by atoms with Gasteiger partial charge in [0.25, 0.3) is 0 Å². The van der Waals surface area contributed by atoms with Gasteiger partial charge in [0, 0.05) is 6.54 Å². The third kappa shape index (κ3) is 3.74. The summed E-state index contributed by atoms with van der Waals surface area (Å²) in [6.45, 7) is 8.08. The highest BCUT2D eigenvalue weighted by molar-refractivity contribution is 5.22. The number of allylic oxidation sites excluding steroid dienone is 2. The van der Waals surface area contributed by atoms with Crippen LogP contribution in [0.4, 0.5) is 0 Å². The lowest BCUT2D eigenvalue weighted by atomic mass is 10.2. The van der Waals surface area contributed by atoms with E-state index in [1.807, 2.05) is 19.2 Å². The Morgan fingerprint density at radius 1 is 1.56 bits per heavy atom. The van der Waals surface area contributed by atoms with Crippen molar-refractivity contribution in [3.05, 3.63) is 37.0 Å². The quantitative estimate of drug-likeness (QED) is 0.559. The second kappa shape index (κ2) is 5.32. The lowest BCUT2D eigenvalue weighted by molar-refractivity contribution is 0.896. The largest absolute Gasteiger partial charge is 0.316 e. The lowest BCUT2D eigenvalue weighted by Crippen LogP contribution is -2.08. The Labute approximate surface area is 56.8 Å². The molecule has 0 aliphatic rings. The molecule has 9 heavy (non-hydrogen) atoms. The van der Waals surface area contributed by atoms with Crippen molar-refractivity contribution < 1.29 is 0 Å². The van der Waals surface area contributed by atoms with Crippen LogP contribution >= 0.6 is 0 Å². The van der Waals surface area contributed by atoms with Crippen molar-refractivity contribution in [2.45, 2.75) is 0 Å². The summed E-state index contributed by atoms with van der Waals surface area (Å²) in [7, 11) is 1.90. The molecule has 0 aromatic rings. The first kappa shape index (κ1) is 8.18. The van der Waals surface area contributed by atoms with Crippen LogP contribution in [-0.2, 0) is 0 Å². The molecular weight excluding hydrogens is 110 g/mol. The third-order valence-electron chi connectivity index (χ3n) is 0.975. The van der Waals surface area contributed by atoms with Gasteiger partial charge in [0.05, 0.1) is 0 Å². The molecule has 0 fully saturated rings. The van der Waals surface area contributed by atoms with Gasteiger partial charge < -0.3 is 5.32 Å². The van der Waals surface area contributed by atoms with Crippen molar-refractivity contribution in [1.82, 2.24) is 5.32 Å². The standard InChI is InChI=1S/C8H13N/c1-4-6-8(5-2)7-9-3/h4-6,9H,1-2,7H2,3H3/b8-6+. The highest BCUT2D eigenvalue weighted by Gasteiger charge is 1.83. The van der Waals surface area contributed by atoms with Crippen LogP contribution in [0.2, 0.25) is 0 Å². The van der Waals surface area contributed by atoms with Gasteiger partial charge in [0.2, 0.25) is 0 Å². The Morgan fingerprint density at radius 3 is 2.56 bits per heavy atom. The molecule has 0 saturated carbocycles. The summed E-state index contributed by atoms with van der Waals surface area (Å²) in [5.41, 5.74) is 1.16. The van der Waals surface area contributed by atoms with Gasteiger partial charge in [-0.1, -0.05) is 31.4 Å². The molecule has 1 N–H and O–H groups in total. The van der Waals surface area contributed by atoms with Gasteiger partial charge in [-0.25, -0.2) is 0 Å². The molecule has 0 spiro atoms. The summed E-state index contributed by atoms with van der Waals surface area (Å²) in [5, 5.41) is 3.02. The summed E-state index contributed by atoms with van der Waals surface area (Å²) >= 11 is 0. The molecule has 0 atom stereocenters. The van der Waals surface area contributed by atoms with Crippen molar-refractivity contribution in [3.63, 3.8) is 0 Å². The first-order valence-corrected chi connectivity index (χ1v) is 2.93. The number of hydrogen-bond acceptors (Lipinski definition) is 1. The summed E-state index contributed by atoms with van der Waals surface area (Å²) < 4.78 is 0. The van der Waals surface area contributed by atoms with E-state index in [-0.39, 0.29) is 0 Å². The monoisotopic (exact) mass is 123 g/mol. The lowest BCUT2D eigenvalue weighted by Gasteiger charge is -1.96. The molecule has 0 rings (SSSR count). The fourth-order valence-corrected chi connectivity index (χ4v) is 0.555. The first-order valence-electron chi connectivity index (χ1n) is 2.93. The summed E-state index contributed by atoms with van der Waals surface area (Å²) in [6.07, 6.45) is 5.51. The molecule has 0 amide bonds. The minimum absolute atomic E-state index is 0.857. The topological polar surface area (TPSA) is 12.0 Å². The van der Waals surface area contributed by atoms with Crippen molar-refractivity contribution >= 4 is 0 Å². The van der Waals surface area contributed by atoms with E-state index in [0.29, 0.717) is 0 Å². The molecular formula is C8H13N. The summed E-state index contributed by atoms with van der Waals surface area (Å²) in [6, 6.07) is 0. The van der Waals surface area contributed by atoms with Gasteiger partial charge >= 0.3 is 0 Å². The normalized spacial score (nSPS) is 11.0. The maximum atomic E-state index is 3.64. The van der Waals surface area contributed by atoms with Gasteiger partial charge in [0.15, 0.2) is 0 Å². The molecule has 0 aromatic heterocycles. The van der Waals surface area contributed by atoms with Crippen LogP contribution < -0.4 is 5.32 Å². The molecule has 50 valence electrons. The van der Waals surface area contributed by atoms with Crippen LogP contribution in [0.3, 0.4) is 0 Å². The van der Waals surface area contributed by atoms with E-state index >= 15 is 0 Å². The highest BCUT2D eigenvalue weighted by Crippen LogP contribution is 1.91. The second-order valence-electron chi connectivity index (χ2n) is 1.71. The van der Waals surface area contributed by atoms with E-state index in [1.165, 1.54) is 0 Å². The van der Waals surface area contributed by atoms with Crippen LogP contribution in [0.15, 0.2) is 37.0 Å². The van der Waals surface area contributed by atoms with Crippen molar-refractivity contribution in [3.8, 4) is 0 Å². The Kier molecular flexibility index (Phi) is 4.83. The Morgan fingerprint density at radius 2 is 2.22 bits per heavy atom. The minimum Gasteiger partial charge on any atom is -0.316 e. The van der Waals surface area contributed by atoms with Gasteiger partial charge in [-0.05, 0) is 12.6 Å². The molecule has 0 bridgehead atoms. The number of hydrogen-bond donors (Lipinski definition) is 1. The maximum Gasteiger partial charge on any atom is 0.0202 e. The van der Waals surface area contributed by atoms with E-state index < -0.39 is 0 Å². The van der Waals surface area contributed by atoms with Crippen molar-refractivity contribution in [2.75, 3.05) is 13.6 Å². The first-order chi connectivity index (χ1) is 4.35. The maximum absolute atomic E-state index is 3.64. The van der Waals surface area contributed by atoms with Crippen LogP contribution in [-0.4, -0.2) is 13.6 Å². The fraction of sp³-hybridized carbons (Fsp3) is 0.250. The smallest absolute Gasteiger partial charge is 0.0202 e. The highest BCUT2D eigenvalue weighted by atomic mass is 14.8. The van der Waals surface area contributed by atoms with Crippen LogP contribution in [0, 0.1) is 0 Å². The van der Waals surface area contributed by atoms with Gasteiger partial charge in [-0.2, -0.15) is 0 Å². The van der Waals surface area contributed by atoms with Crippen molar-refractivity contribution in [1.29, 1.82) is 0 Å². The molecule has 1 heteroatoms.